The van der Waals surface area contributed by atoms with E-state index in [1.807, 2.05) is 0 Å². The molecule has 0 bridgehead atoms. The minimum absolute atomic E-state index is 0.168. The molecule has 0 aromatic heterocycles. The zero-order valence-electron chi connectivity index (χ0n) is 7.81. The highest BCUT2D eigenvalue weighted by Crippen LogP contribution is 2.17. The molecule has 1 aromatic rings. The maximum Gasteiger partial charge on any atom is 0.336 e. The number of carbonyl (C=O) groups excluding carboxylic acids is 1. The number of aldehydes is 1. The monoisotopic (exact) mass is 224 g/mol. The van der Waals surface area contributed by atoms with Crippen LogP contribution in [0.15, 0.2) is 24.3 Å². The Labute approximate surface area is 92.0 Å². The number of benzene rings is 1. The Hall–Kier alpha value is -1.61. The minimum atomic E-state index is -1.02. The van der Waals surface area contributed by atoms with E-state index in [-0.39, 0.29) is 12.0 Å². The van der Waals surface area contributed by atoms with Crippen LogP contribution in [0.5, 0.6) is 0 Å². The normalized spacial score (nSPS) is 10.5. The fourth-order valence-electron chi connectivity index (χ4n) is 1.12. The van der Waals surface area contributed by atoms with E-state index < -0.39 is 5.97 Å². The zero-order valence-corrected chi connectivity index (χ0v) is 8.57. The van der Waals surface area contributed by atoms with Crippen LogP contribution in [0.4, 0.5) is 0 Å². The van der Waals surface area contributed by atoms with Crippen molar-refractivity contribution >= 4 is 29.9 Å². The van der Waals surface area contributed by atoms with Gasteiger partial charge in [0.25, 0.3) is 0 Å². The summed E-state index contributed by atoms with van der Waals surface area (Å²) in [6.07, 6.45) is 4.15. The molecule has 0 fully saturated rings. The van der Waals surface area contributed by atoms with Crippen LogP contribution in [-0.4, -0.2) is 17.4 Å². The quantitative estimate of drug-likeness (QED) is 0.800. The van der Waals surface area contributed by atoms with E-state index in [1.54, 1.807) is 18.2 Å². The molecule has 15 heavy (non-hydrogen) atoms. The average molecular weight is 225 g/mol. The second kappa shape index (κ2) is 5.32. The van der Waals surface area contributed by atoms with Gasteiger partial charge in [0.15, 0.2) is 0 Å². The summed E-state index contributed by atoms with van der Waals surface area (Å²) in [4.78, 5) is 20.9. The van der Waals surface area contributed by atoms with Gasteiger partial charge in [-0.05, 0) is 23.8 Å². The van der Waals surface area contributed by atoms with Crippen LogP contribution in [0.1, 0.15) is 22.3 Å². The van der Waals surface area contributed by atoms with Crippen molar-refractivity contribution in [2.75, 3.05) is 0 Å². The number of carbonyl (C=O) groups is 2. The van der Waals surface area contributed by atoms with Crippen LogP contribution in [-0.2, 0) is 4.79 Å². The predicted molar refractivity (Wildman–Crippen MR) is 58.1 cm³/mol. The molecule has 0 atom stereocenters. The molecular weight excluding hydrogens is 216 g/mol. The van der Waals surface area contributed by atoms with E-state index in [0.29, 0.717) is 10.6 Å². The van der Waals surface area contributed by atoms with Crippen LogP contribution < -0.4 is 0 Å². The summed E-state index contributed by atoms with van der Waals surface area (Å²) in [6, 6.07) is 4.50. The highest BCUT2D eigenvalue weighted by molar-refractivity contribution is 6.30. The first-order chi connectivity index (χ1) is 7.15. The Morgan fingerprint density at radius 2 is 2.20 bits per heavy atom. The first kappa shape index (κ1) is 11.5. The Morgan fingerprint density at radius 3 is 2.80 bits per heavy atom. The van der Waals surface area contributed by atoms with Gasteiger partial charge in [0, 0.05) is 11.4 Å². The number of carboxylic acid groups (broad SMARTS) is 1. The number of aromatic carboxylic acids is 1. The van der Waals surface area contributed by atoms with Crippen molar-refractivity contribution < 1.29 is 14.7 Å². The molecular formula is C11H9ClO3. The van der Waals surface area contributed by atoms with Crippen molar-refractivity contribution in [2.24, 2.45) is 0 Å². The topological polar surface area (TPSA) is 54.4 Å². The van der Waals surface area contributed by atoms with Crippen LogP contribution in [0.25, 0.3) is 6.08 Å². The molecule has 0 amide bonds. The number of carboxylic acids is 1. The number of hydrogen-bond acceptors (Lipinski definition) is 2. The highest BCUT2D eigenvalue weighted by atomic mass is 35.5. The van der Waals surface area contributed by atoms with E-state index in [9.17, 15) is 9.59 Å². The highest BCUT2D eigenvalue weighted by Gasteiger charge is 2.07. The van der Waals surface area contributed by atoms with Gasteiger partial charge in [-0.3, -0.25) is 0 Å². The summed E-state index contributed by atoms with van der Waals surface area (Å²) >= 11 is 5.74. The molecule has 78 valence electrons. The van der Waals surface area contributed by atoms with E-state index in [4.69, 9.17) is 16.7 Å². The van der Waals surface area contributed by atoms with Gasteiger partial charge in [-0.15, -0.1) is 0 Å². The summed E-state index contributed by atoms with van der Waals surface area (Å²) in [5, 5.41) is 9.33. The molecule has 0 unspecified atom stereocenters. The molecule has 0 radical (unpaired) electrons. The predicted octanol–water partition coefficient (Wildman–Crippen LogP) is 2.64. The van der Waals surface area contributed by atoms with Crippen molar-refractivity contribution in [1.82, 2.24) is 0 Å². The lowest BCUT2D eigenvalue weighted by Crippen LogP contribution is -1.98. The van der Waals surface area contributed by atoms with Gasteiger partial charge in [0.1, 0.15) is 6.29 Å². The van der Waals surface area contributed by atoms with Crippen LogP contribution in [0.3, 0.4) is 0 Å². The molecule has 4 heteroatoms. The maximum atomic E-state index is 10.8. The molecule has 1 N–H and O–H groups in total. The van der Waals surface area contributed by atoms with E-state index in [1.165, 1.54) is 12.1 Å². The maximum absolute atomic E-state index is 10.8. The first-order valence-electron chi connectivity index (χ1n) is 4.28. The molecule has 0 saturated carbocycles. The number of rotatable bonds is 4. The summed E-state index contributed by atoms with van der Waals surface area (Å²) in [7, 11) is 0. The fraction of sp³-hybridized carbons (Fsp3) is 0.0909. The van der Waals surface area contributed by atoms with Crippen molar-refractivity contribution in [3.05, 3.63) is 40.4 Å². The summed E-state index contributed by atoms with van der Waals surface area (Å²) in [5.74, 6) is -1.02. The zero-order chi connectivity index (χ0) is 11.3. The van der Waals surface area contributed by atoms with Crippen molar-refractivity contribution in [2.45, 2.75) is 6.42 Å². The van der Waals surface area contributed by atoms with E-state index in [2.05, 4.69) is 0 Å². The molecule has 3 nitrogen and oxygen atoms in total. The molecule has 0 saturated heterocycles. The lowest BCUT2D eigenvalue weighted by Gasteiger charge is -2.01. The molecule has 1 aromatic carbocycles. The third kappa shape index (κ3) is 3.22. The fourth-order valence-corrected chi connectivity index (χ4v) is 1.30. The lowest BCUT2D eigenvalue weighted by atomic mass is 10.1. The van der Waals surface area contributed by atoms with Crippen LogP contribution >= 0.6 is 11.6 Å². The SMILES string of the molecule is O=CCC=Cc1cc(Cl)ccc1C(=O)O. The molecule has 0 heterocycles. The number of halogens is 1. The Kier molecular flexibility index (Phi) is 4.06. The van der Waals surface area contributed by atoms with Crippen LogP contribution in [0.2, 0.25) is 5.02 Å². The minimum Gasteiger partial charge on any atom is -0.478 e. The smallest absolute Gasteiger partial charge is 0.336 e. The standard InChI is InChI=1S/C11H9ClO3/c12-9-4-5-10(11(14)15)8(7-9)3-1-2-6-13/h1,3-7H,2H2,(H,14,15). The third-order valence-electron chi connectivity index (χ3n) is 1.77. The molecule has 0 aliphatic heterocycles. The summed E-state index contributed by atoms with van der Waals surface area (Å²) < 4.78 is 0. The lowest BCUT2D eigenvalue weighted by molar-refractivity contribution is -0.107. The summed E-state index contributed by atoms with van der Waals surface area (Å²) in [5.41, 5.74) is 0.665. The molecule has 0 aliphatic carbocycles. The van der Waals surface area contributed by atoms with Crippen molar-refractivity contribution in [1.29, 1.82) is 0 Å². The van der Waals surface area contributed by atoms with Gasteiger partial charge in [0.2, 0.25) is 0 Å². The van der Waals surface area contributed by atoms with Crippen molar-refractivity contribution in [3.8, 4) is 0 Å². The number of hydrogen-bond donors (Lipinski definition) is 1. The van der Waals surface area contributed by atoms with Gasteiger partial charge in [-0.1, -0.05) is 23.8 Å². The largest absolute Gasteiger partial charge is 0.478 e. The van der Waals surface area contributed by atoms with Gasteiger partial charge >= 0.3 is 5.97 Å². The Balaban J connectivity index is 3.07. The molecule has 0 spiro atoms. The van der Waals surface area contributed by atoms with E-state index in [0.717, 1.165) is 6.29 Å². The molecule has 1 rings (SSSR count). The first-order valence-corrected chi connectivity index (χ1v) is 4.66. The second-order valence-electron chi connectivity index (χ2n) is 2.84. The average Bonchev–Trinajstić information content (AvgIpc) is 2.18. The Bertz CT molecular complexity index is 410. The third-order valence-corrected chi connectivity index (χ3v) is 2.01. The van der Waals surface area contributed by atoms with Crippen molar-refractivity contribution in [3.63, 3.8) is 0 Å². The molecule has 0 aliphatic rings. The van der Waals surface area contributed by atoms with E-state index >= 15 is 0 Å². The second-order valence-corrected chi connectivity index (χ2v) is 3.28. The van der Waals surface area contributed by atoms with Crippen LogP contribution in [0, 0.1) is 0 Å². The Morgan fingerprint density at radius 1 is 1.47 bits per heavy atom. The summed E-state index contributed by atoms with van der Waals surface area (Å²) in [6.45, 7) is 0. The van der Waals surface area contributed by atoms with Gasteiger partial charge in [-0.2, -0.15) is 0 Å². The van der Waals surface area contributed by atoms with Gasteiger partial charge in [0.05, 0.1) is 5.56 Å². The number of allylic oxidation sites excluding steroid dienone is 1. The van der Waals surface area contributed by atoms with Gasteiger partial charge < -0.3 is 9.90 Å². The van der Waals surface area contributed by atoms with Gasteiger partial charge in [-0.25, -0.2) is 4.79 Å².